The Labute approximate surface area is 162 Å². The number of fused-ring (bicyclic) bond motifs is 3. The Balaban J connectivity index is 1.69. The van der Waals surface area contributed by atoms with Crippen molar-refractivity contribution >= 4 is 22.5 Å². The zero-order valence-electron chi connectivity index (χ0n) is 15.1. The number of benzene rings is 2. The molecule has 3 unspecified atom stereocenters. The second kappa shape index (κ2) is 5.49. The molecule has 3 aliphatic rings. The van der Waals surface area contributed by atoms with E-state index in [2.05, 4.69) is 64.3 Å². The van der Waals surface area contributed by atoms with Crippen molar-refractivity contribution in [2.75, 3.05) is 5.32 Å². The van der Waals surface area contributed by atoms with Crippen molar-refractivity contribution in [1.29, 1.82) is 0 Å². The van der Waals surface area contributed by atoms with Crippen LogP contribution in [-0.2, 0) is 10.2 Å². The van der Waals surface area contributed by atoms with E-state index in [1.54, 1.807) is 0 Å². The monoisotopic (exact) mass is 365 g/mol. The lowest BCUT2D eigenvalue weighted by atomic mass is 9.65. The van der Waals surface area contributed by atoms with Crippen molar-refractivity contribution in [3.05, 3.63) is 102 Å². The van der Waals surface area contributed by atoms with Crippen LogP contribution < -0.4 is 10.6 Å². The third kappa shape index (κ3) is 1.82. The van der Waals surface area contributed by atoms with E-state index in [-0.39, 0.29) is 17.9 Å². The number of hydrogen-bond acceptors (Lipinski definition) is 2. The first-order valence-electron chi connectivity index (χ1n) is 9.59. The summed E-state index contributed by atoms with van der Waals surface area (Å²) in [5.74, 6) is 0.144. The number of carbonyl (C=O) groups excluding carboxylic acids is 1. The lowest BCUT2D eigenvalue weighted by Crippen LogP contribution is -2.40. The molecule has 3 atom stereocenters. The molecule has 0 spiro atoms. The highest BCUT2D eigenvalue weighted by Gasteiger charge is 2.55. The van der Waals surface area contributed by atoms with Crippen molar-refractivity contribution in [3.63, 3.8) is 0 Å². The molecule has 0 saturated heterocycles. The zero-order chi connectivity index (χ0) is 18.7. The van der Waals surface area contributed by atoms with E-state index >= 15 is 0 Å². The molecule has 4 nitrogen and oxygen atoms in total. The Hall–Kier alpha value is -3.53. The quantitative estimate of drug-likeness (QED) is 0.643. The first kappa shape index (κ1) is 15.5. The summed E-state index contributed by atoms with van der Waals surface area (Å²) in [7, 11) is 0. The van der Waals surface area contributed by atoms with E-state index in [1.165, 1.54) is 0 Å². The Morgan fingerprint density at radius 1 is 0.893 bits per heavy atom. The van der Waals surface area contributed by atoms with Gasteiger partial charge in [0.2, 0.25) is 5.91 Å². The van der Waals surface area contributed by atoms with Crippen molar-refractivity contribution in [3.8, 4) is 0 Å². The van der Waals surface area contributed by atoms with Gasteiger partial charge in [-0.2, -0.15) is 0 Å². The molecule has 0 bridgehead atoms. The van der Waals surface area contributed by atoms with Gasteiger partial charge in [0.25, 0.3) is 0 Å². The predicted molar refractivity (Wildman–Crippen MR) is 111 cm³/mol. The molecule has 6 rings (SSSR count). The maximum atomic E-state index is 13.7. The van der Waals surface area contributed by atoms with E-state index in [4.69, 9.17) is 0 Å². The number of H-pyrrole nitrogens is 1. The molecule has 28 heavy (non-hydrogen) atoms. The highest BCUT2D eigenvalue weighted by atomic mass is 16.2. The molecule has 4 heteroatoms. The third-order valence-electron chi connectivity index (χ3n) is 6.27. The van der Waals surface area contributed by atoms with Gasteiger partial charge in [0, 0.05) is 34.3 Å². The van der Waals surface area contributed by atoms with Crippen LogP contribution in [0.5, 0.6) is 0 Å². The van der Waals surface area contributed by atoms with Crippen LogP contribution in [0.3, 0.4) is 0 Å². The molecule has 1 aromatic heterocycles. The number of para-hydroxylation sites is 2. The number of amides is 1. The van der Waals surface area contributed by atoms with Gasteiger partial charge >= 0.3 is 0 Å². The third-order valence-corrected chi connectivity index (χ3v) is 6.27. The highest BCUT2D eigenvalue weighted by Crippen LogP contribution is 2.53. The van der Waals surface area contributed by atoms with E-state index in [0.29, 0.717) is 0 Å². The van der Waals surface area contributed by atoms with Gasteiger partial charge in [-0.3, -0.25) is 4.79 Å². The molecule has 2 aromatic carbocycles. The van der Waals surface area contributed by atoms with Crippen LogP contribution in [0, 0.1) is 5.92 Å². The molecule has 3 N–H and O–H groups in total. The smallest absolute Gasteiger partial charge is 0.243 e. The average molecular weight is 365 g/mol. The van der Waals surface area contributed by atoms with Crippen molar-refractivity contribution in [1.82, 2.24) is 10.3 Å². The number of aromatic nitrogens is 1. The summed E-state index contributed by atoms with van der Waals surface area (Å²) in [6.07, 6.45) is 12.6. The van der Waals surface area contributed by atoms with E-state index in [0.717, 1.165) is 33.3 Å². The highest BCUT2D eigenvalue weighted by molar-refractivity contribution is 6.13. The normalized spacial score (nSPS) is 27.3. The lowest BCUT2D eigenvalue weighted by molar-refractivity contribution is -0.118. The van der Waals surface area contributed by atoms with Crippen LogP contribution in [-0.4, -0.2) is 16.9 Å². The number of rotatable bonds is 2. The Morgan fingerprint density at radius 3 is 2.68 bits per heavy atom. The van der Waals surface area contributed by atoms with E-state index in [1.807, 2.05) is 36.5 Å². The number of anilines is 1. The minimum Gasteiger partial charge on any atom is -0.384 e. The number of hydrogen-bond donors (Lipinski definition) is 3. The summed E-state index contributed by atoms with van der Waals surface area (Å²) in [5, 5.41) is 7.71. The predicted octanol–water partition coefficient (Wildman–Crippen LogP) is 4.00. The topological polar surface area (TPSA) is 56.9 Å². The minimum absolute atomic E-state index is 0.00936. The maximum Gasteiger partial charge on any atom is 0.243 e. The van der Waals surface area contributed by atoms with Gasteiger partial charge < -0.3 is 15.6 Å². The largest absolute Gasteiger partial charge is 0.384 e. The number of aromatic amines is 1. The Kier molecular flexibility index (Phi) is 3.04. The van der Waals surface area contributed by atoms with Gasteiger partial charge in [0.1, 0.15) is 5.41 Å². The van der Waals surface area contributed by atoms with Gasteiger partial charge in [-0.1, -0.05) is 60.7 Å². The molecule has 3 heterocycles. The van der Waals surface area contributed by atoms with E-state index in [9.17, 15) is 4.79 Å². The van der Waals surface area contributed by atoms with Crippen molar-refractivity contribution in [2.24, 2.45) is 5.92 Å². The van der Waals surface area contributed by atoms with Crippen LogP contribution in [0.15, 0.2) is 90.8 Å². The second-order valence-electron chi connectivity index (χ2n) is 7.59. The fraction of sp³-hybridized carbons (Fsp3) is 0.125. The van der Waals surface area contributed by atoms with Gasteiger partial charge in [-0.05, 0) is 29.5 Å². The number of nitrogens with one attached hydrogen (secondary N) is 3. The summed E-state index contributed by atoms with van der Waals surface area (Å²) >= 11 is 0. The first-order chi connectivity index (χ1) is 13.8. The van der Waals surface area contributed by atoms with Crippen LogP contribution in [0.2, 0.25) is 0 Å². The van der Waals surface area contributed by atoms with Crippen molar-refractivity contribution < 1.29 is 4.79 Å². The standard InChI is InChI=1S/C24H19N3O/c28-23-24(17-9-3-6-12-22(17)27-23,18-13-25-20-10-4-1-7-15(18)20)19-14-26-21-11-5-2-8-16(19)21/h1-15,20,25-26H,(H,27,28). The molecule has 0 fully saturated rings. The van der Waals surface area contributed by atoms with Crippen LogP contribution in [0.1, 0.15) is 11.1 Å². The fourth-order valence-corrected chi connectivity index (χ4v) is 5.05. The molecule has 0 radical (unpaired) electrons. The summed E-state index contributed by atoms with van der Waals surface area (Å²) in [4.78, 5) is 17.1. The van der Waals surface area contributed by atoms with Crippen LogP contribution in [0.25, 0.3) is 10.9 Å². The number of allylic oxidation sites excluding steroid dienone is 2. The molecule has 136 valence electrons. The fourth-order valence-electron chi connectivity index (χ4n) is 5.05. The molecule has 1 amide bonds. The van der Waals surface area contributed by atoms with Gasteiger partial charge in [0.15, 0.2) is 0 Å². The van der Waals surface area contributed by atoms with E-state index < -0.39 is 5.41 Å². The number of carbonyl (C=O) groups is 1. The SMILES string of the molecule is O=C1Nc2ccccc2C1(C1=CNC2C=CC=CC12)c1c[nH]c2ccccc12. The molecule has 1 aliphatic carbocycles. The minimum atomic E-state index is -0.863. The van der Waals surface area contributed by atoms with Crippen molar-refractivity contribution in [2.45, 2.75) is 11.5 Å². The van der Waals surface area contributed by atoms with Gasteiger partial charge in [-0.15, -0.1) is 0 Å². The van der Waals surface area contributed by atoms with Crippen LogP contribution in [0.4, 0.5) is 5.69 Å². The molecular formula is C24H19N3O. The second-order valence-corrected chi connectivity index (χ2v) is 7.59. The van der Waals surface area contributed by atoms with Gasteiger partial charge in [-0.25, -0.2) is 0 Å². The molecule has 0 saturated carbocycles. The summed E-state index contributed by atoms with van der Waals surface area (Å²) in [6, 6.07) is 16.4. The lowest BCUT2D eigenvalue weighted by Gasteiger charge is -2.33. The first-order valence-corrected chi connectivity index (χ1v) is 9.59. The summed E-state index contributed by atoms with van der Waals surface area (Å²) < 4.78 is 0. The maximum absolute atomic E-state index is 13.7. The average Bonchev–Trinajstić information content (AvgIpc) is 3.42. The Morgan fingerprint density at radius 2 is 1.71 bits per heavy atom. The molecule has 3 aromatic rings. The molecule has 2 aliphatic heterocycles. The van der Waals surface area contributed by atoms with Gasteiger partial charge in [0.05, 0.1) is 6.04 Å². The molecular weight excluding hydrogens is 346 g/mol. The summed E-state index contributed by atoms with van der Waals surface area (Å²) in [5.41, 5.74) is 4.17. The zero-order valence-corrected chi connectivity index (χ0v) is 15.1. The Bertz CT molecular complexity index is 1220. The summed E-state index contributed by atoms with van der Waals surface area (Å²) in [6.45, 7) is 0. The van der Waals surface area contributed by atoms with Crippen LogP contribution >= 0.6 is 0 Å².